The van der Waals surface area contributed by atoms with Gasteiger partial charge >= 0.3 is 0 Å². The van der Waals surface area contributed by atoms with Crippen LogP contribution < -0.4 is 14.8 Å². The van der Waals surface area contributed by atoms with E-state index in [4.69, 9.17) is 13.9 Å². The van der Waals surface area contributed by atoms with Gasteiger partial charge in [0.05, 0.1) is 11.3 Å². The lowest BCUT2D eigenvalue weighted by Gasteiger charge is -2.05. The minimum atomic E-state index is -0.131. The molecule has 2 aromatic heterocycles. The third kappa shape index (κ3) is 3.77. The number of thioether (sulfide) groups is 1. The summed E-state index contributed by atoms with van der Waals surface area (Å²) in [7, 11) is 0. The highest BCUT2D eigenvalue weighted by Gasteiger charge is 2.14. The Bertz CT molecular complexity index is 916. The number of benzene rings is 1. The third-order valence-corrected chi connectivity index (χ3v) is 4.39. The largest absolute Gasteiger partial charge is 0.454 e. The summed E-state index contributed by atoms with van der Waals surface area (Å²) in [5.74, 6) is 1.84. The maximum atomic E-state index is 12.0. The SMILES string of the molecule is O=C(CSc1nnc(-c2cccnc2)o1)NCc1ccc2c(c1)OCO2. The molecule has 0 saturated carbocycles. The summed E-state index contributed by atoms with van der Waals surface area (Å²) < 4.78 is 16.1. The van der Waals surface area contributed by atoms with E-state index in [0.29, 0.717) is 23.4 Å². The van der Waals surface area contributed by atoms with Gasteiger partial charge in [-0.2, -0.15) is 0 Å². The molecule has 1 aliphatic heterocycles. The van der Waals surface area contributed by atoms with Crippen LogP contribution in [0.15, 0.2) is 52.4 Å². The van der Waals surface area contributed by atoms with Crippen LogP contribution >= 0.6 is 11.8 Å². The fraction of sp³-hybridized carbons (Fsp3) is 0.176. The van der Waals surface area contributed by atoms with Crippen LogP contribution in [0.1, 0.15) is 5.56 Å². The van der Waals surface area contributed by atoms with Crippen molar-refractivity contribution in [2.24, 2.45) is 0 Å². The summed E-state index contributed by atoms with van der Waals surface area (Å²) in [6.45, 7) is 0.633. The van der Waals surface area contributed by atoms with Crippen molar-refractivity contribution in [2.45, 2.75) is 11.8 Å². The second kappa shape index (κ2) is 7.44. The number of pyridine rings is 1. The van der Waals surface area contributed by atoms with Crippen molar-refractivity contribution in [3.63, 3.8) is 0 Å². The van der Waals surface area contributed by atoms with Crippen LogP contribution in [0, 0.1) is 0 Å². The first-order chi connectivity index (χ1) is 12.8. The predicted molar refractivity (Wildman–Crippen MR) is 92.7 cm³/mol. The molecule has 9 heteroatoms. The Labute approximate surface area is 152 Å². The fourth-order valence-electron chi connectivity index (χ4n) is 2.30. The second-order valence-electron chi connectivity index (χ2n) is 5.37. The molecule has 3 heterocycles. The summed E-state index contributed by atoms with van der Waals surface area (Å²) in [6.07, 6.45) is 3.31. The predicted octanol–water partition coefficient (Wildman–Crippen LogP) is 2.27. The topological polar surface area (TPSA) is 99.4 Å². The van der Waals surface area contributed by atoms with E-state index in [2.05, 4.69) is 20.5 Å². The van der Waals surface area contributed by atoms with Gasteiger partial charge in [-0.25, -0.2) is 0 Å². The highest BCUT2D eigenvalue weighted by atomic mass is 32.2. The quantitative estimate of drug-likeness (QED) is 0.660. The Kier molecular flexibility index (Phi) is 4.69. The molecule has 1 aliphatic rings. The number of hydrogen-bond donors (Lipinski definition) is 1. The second-order valence-corrected chi connectivity index (χ2v) is 6.29. The van der Waals surface area contributed by atoms with Crippen LogP contribution in [0.3, 0.4) is 0 Å². The lowest BCUT2D eigenvalue weighted by molar-refractivity contribution is -0.118. The molecule has 0 bridgehead atoms. The van der Waals surface area contributed by atoms with Gasteiger partial charge in [0, 0.05) is 18.9 Å². The molecule has 3 aromatic rings. The monoisotopic (exact) mass is 370 g/mol. The molecular weight excluding hydrogens is 356 g/mol. The number of carbonyl (C=O) groups excluding carboxylic acids is 1. The Morgan fingerprint density at radius 3 is 3.00 bits per heavy atom. The number of rotatable bonds is 6. The van der Waals surface area contributed by atoms with Crippen molar-refractivity contribution < 1.29 is 18.7 Å². The standard InChI is InChI=1S/C17H14N4O4S/c22-15(19-7-11-3-4-13-14(6-11)24-10-23-13)9-26-17-21-20-16(25-17)12-2-1-5-18-8-12/h1-6,8H,7,9-10H2,(H,19,22). The average Bonchev–Trinajstić information content (AvgIpc) is 3.34. The molecule has 0 unspecified atom stereocenters. The van der Waals surface area contributed by atoms with E-state index < -0.39 is 0 Å². The number of hydrogen-bond acceptors (Lipinski definition) is 8. The molecule has 0 fully saturated rings. The lowest BCUT2D eigenvalue weighted by atomic mass is 10.2. The van der Waals surface area contributed by atoms with Gasteiger partial charge in [-0.05, 0) is 29.8 Å². The van der Waals surface area contributed by atoms with E-state index >= 15 is 0 Å². The van der Waals surface area contributed by atoms with Crippen LogP contribution in [-0.2, 0) is 11.3 Å². The van der Waals surface area contributed by atoms with Crippen molar-refractivity contribution in [1.82, 2.24) is 20.5 Å². The highest BCUT2D eigenvalue weighted by Crippen LogP contribution is 2.32. The van der Waals surface area contributed by atoms with Crippen LogP contribution in [0.2, 0.25) is 0 Å². The first-order valence-corrected chi connectivity index (χ1v) is 8.78. The van der Waals surface area contributed by atoms with Crippen LogP contribution in [0.5, 0.6) is 11.5 Å². The molecule has 1 N–H and O–H groups in total. The van der Waals surface area contributed by atoms with Crippen LogP contribution in [-0.4, -0.2) is 33.6 Å². The van der Waals surface area contributed by atoms with Gasteiger partial charge < -0.3 is 19.2 Å². The van der Waals surface area contributed by atoms with Gasteiger partial charge in [0.1, 0.15) is 0 Å². The lowest BCUT2D eigenvalue weighted by Crippen LogP contribution is -2.24. The van der Waals surface area contributed by atoms with Gasteiger partial charge in [0.2, 0.25) is 18.6 Å². The molecular formula is C17H14N4O4S. The number of amides is 1. The van der Waals surface area contributed by atoms with E-state index in [9.17, 15) is 4.79 Å². The molecule has 26 heavy (non-hydrogen) atoms. The Hall–Kier alpha value is -3.07. The summed E-state index contributed by atoms with van der Waals surface area (Å²) in [6, 6.07) is 9.19. The maximum Gasteiger partial charge on any atom is 0.277 e. The minimum Gasteiger partial charge on any atom is -0.454 e. The van der Waals surface area contributed by atoms with E-state index in [1.165, 1.54) is 11.8 Å². The highest BCUT2D eigenvalue weighted by molar-refractivity contribution is 7.99. The number of ether oxygens (including phenoxy) is 2. The van der Waals surface area contributed by atoms with Crippen molar-refractivity contribution in [2.75, 3.05) is 12.5 Å². The molecule has 0 radical (unpaired) electrons. The molecule has 1 amide bonds. The number of nitrogens with one attached hydrogen (secondary N) is 1. The van der Waals surface area contributed by atoms with Crippen molar-refractivity contribution in [3.05, 3.63) is 48.3 Å². The number of nitrogens with zero attached hydrogens (tertiary/aromatic N) is 3. The van der Waals surface area contributed by atoms with Crippen molar-refractivity contribution >= 4 is 17.7 Å². The fourth-order valence-corrected chi connectivity index (χ4v) is 2.90. The van der Waals surface area contributed by atoms with Gasteiger partial charge in [0.15, 0.2) is 11.5 Å². The first-order valence-electron chi connectivity index (χ1n) is 7.80. The smallest absolute Gasteiger partial charge is 0.277 e. The molecule has 132 valence electrons. The summed E-state index contributed by atoms with van der Waals surface area (Å²) in [4.78, 5) is 16.0. The summed E-state index contributed by atoms with van der Waals surface area (Å²) in [5.41, 5.74) is 1.67. The van der Waals surface area contributed by atoms with Crippen LogP contribution in [0.4, 0.5) is 0 Å². The van der Waals surface area contributed by atoms with Gasteiger partial charge in [0.25, 0.3) is 5.22 Å². The van der Waals surface area contributed by atoms with E-state index in [1.54, 1.807) is 18.5 Å². The van der Waals surface area contributed by atoms with Crippen molar-refractivity contribution in [3.8, 4) is 23.0 Å². The van der Waals surface area contributed by atoms with Crippen LogP contribution in [0.25, 0.3) is 11.5 Å². The number of fused-ring (bicyclic) bond motifs is 1. The zero-order chi connectivity index (χ0) is 17.8. The normalized spacial score (nSPS) is 12.2. The number of carbonyl (C=O) groups is 1. The van der Waals surface area contributed by atoms with E-state index in [1.807, 2.05) is 24.3 Å². The molecule has 0 aliphatic carbocycles. The molecule has 1 aromatic carbocycles. The van der Waals surface area contributed by atoms with Gasteiger partial charge in [-0.1, -0.05) is 17.8 Å². The average molecular weight is 370 g/mol. The molecule has 0 atom stereocenters. The number of aromatic nitrogens is 3. The first kappa shape index (κ1) is 16.4. The van der Waals surface area contributed by atoms with Crippen molar-refractivity contribution in [1.29, 1.82) is 0 Å². The molecule has 0 saturated heterocycles. The minimum absolute atomic E-state index is 0.131. The summed E-state index contributed by atoms with van der Waals surface area (Å²) in [5, 5.41) is 11.1. The van der Waals surface area contributed by atoms with E-state index in [-0.39, 0.29) is 18.5 Å². The molecule has 4 rings (SSSR count). The Morgan fingerprint density at radius 2 is 2.12 bits per heavy atom. The Morgan fingerprint density at radius 1 is 1.19 bits per heavy atom. The zero-order valence-corrected chi connectivity index (χ0v) is 14.4. The van der Waals surface area contributed by atoms with Gasteiger partial charge in [-0.3, -0.25) is 9.78 Å². The summed E-state index contributed by atoms with van der Waals surface area (Å²) >= 11 is 1.18. The third-order valence-electron chi connectivity index (χ3n) is 3.57. The zero-order valence-electron chi connectivity index (χ0n) is 13.5. The molecule has 0 spiro atoms. The molecule has 8 nitrogen and oxygen atoms in total. The van der Waals surface area contributed by atoms with Gasteiger partial charge in [-0.15, -0.1) is 10.2 Å². The maximum absolute atomic E-state index is 12.0. The Balaban J connectivity index is 1.27. The van der Waals surface area contributed by atoms with E-state index in [0.717, 1.165) is 16.9 Å².